The number of guanidine groups is 1. The number of nitrogens with zero attached hydrogens (tertiary/aromatic N) is 3. The molecular formula is C24H28N4O. The smallest absolute Gasteiger partial charge is 0.231 e. The average Bonchev–Trinajstić information content (AvgIpc) is 3.00. The number of carbonyl (C=O) groups is 1. The fraction of sp³-hybridized carbons (Fsp3) is 0.333. The summed E-state index contributed by atoms with van der Waals surface area (Å²) in [6.07, 6.45) is 7.67. The summed E-state index contributed by atoms with van der Waals surface area (Å²) in [4.78, 5) is 18.1. The van der Waals surface area contributed by atoms with Crippen molar-refractivity contribution < 1.29 is 4.79 Å². The van der Waals surface area contributed by atoms with Crippen molar-refractivity contribution in [3.63, 3.8) is 0 Å². The number of aliphatic imine (C=N–C) groups is 1. The van der Waals surface area contributed by atoms with Crippen molar-refractivity contribution >= 4 is 30.0 Å². The van der Waals surface area contributed by atoms with E-state index < -0.39 is 0 Å². The molecule has 2 aromatic rings. The molecular weight excluding hydrogens is 360 g/mol. The Kier molecular flexibility index (Phi) is 5.93. The van der Waals surface area contributed by atoms with Crippen LogP contribution in [0.5, 0.6) is 0 Å². The second kappa shape index (κ2) is 8.40. The second-order valence-corrected chi connectivity index (χ2v) is 7.50. The van der Waals surface area contributed by atoms with E-state index in [1.54, 1.807) is 7.05 Å². The summed E-state index contributed by atoms with van der Waals surface area (Å²) in [6.45, 7) is 10.4. The monoisotopic (exact) mass is 388 g/mol. The fourth-order valence-electron chi connectivity index (χ4n) is 3.38. The van der Waals surface area contributed by atoms with Gasteiger partial charge in [-0.25, -0.2) is 4.99 Å². The highest BCUT2D eigenvalue weighted by Gasteiger charge is 2.25. The lowest BCUT2D eigenvalue weighted by Crippen LogP contribution is -2.42. The largest absolute Gasteiger partial charge is 0.369 e. The molecule has 29 heavy (non-hydrogen) atoms. The second-order valence-electron chi connectivity index (χ2n) is 7.50. The van der Waals surface area contributed by atoms with Crippen LogP contribution in [0.3, 0.4) is 0 Å². The lowest BCUT2D eigenvalue weighted by Gasteiger charge is -2.25. The molecule has 5 heteroatoms. The normalized spacial score (nSPS) is 19.2. The van der Waals surface area contributed by atoms with Gasteiger partial charge in [0.05, 0.1) is 17.8 Å². The lowest BCUT2D eigenvalue weighted by atomic mass is 10.0. The highest BCUT2D eigenvalue weighted by molar-refractivity contribution is 5.98. The van der Waals surface area contributed by atoms with Gasteiger partial charge in [0.2, 0.25) is 5.91 Å². The van der Waals surface area contributed by atoms with Crippen LogP contribution >= 0.6 is 0 Å². The highest BCUT2D eigenvalue weighted by Crippen LogP contribution is 2.25. The molecule has 2 atom stereocenters. The topological polar surface area (TPSA) is 63.1 Å². The summed E-state index contributed by atoms with van der Waals surface area (Å²) >= 11 is 0. The molecule has 2 aromatic heterocycles. The van der Waals surface area contributed by atoms with Crippen LogP contribution in [0.1, 0.15) is 45.2 Å². The first-order valence-corrected chi connectivity index (χ1v) is 9.90. The van der Waals surface area contributed by atoms with Gasteiger partial charge < -0.3 is 10.1 Å². The SMILES string of the molecule is C=c1cc2ccc(C3CC(=O)N(C)C(N)=N3)cn2/c1=C/C(C#CC)=C\C(C)CC. The summed E-state index contributed by atoms with van der Waals surface area (Å²) in [5.41, 5.74) is 8.87. The van der Waals surface area contributed by atoms with Gasteiger partial charge in [-0.1, -0.05) is 44.9 Å². The summed E-state index contributed by atoms with van der Waals surface area (Å²) in [5, 5.41) is 1.91. The first-order chi connectivity index (χ1) is 13.8. The van der Waals surface area contributed by atoms with E-state index in [-0.39, 0.29) is 17.9 Å². The van der Waals surface area contributed by atoms with Crippen molar-refractivity contribution in [2.24, 2.45) is 16.6 Å². The first kappa shape index (κ1) is 20.5. The van der Waals surface area contributed by atoms with Gasteiger partial charge in [0.25, 0.3) is 0 Å². The number of fused-ring (bicyclic) bond motifs is 1. The van der Waals surface area contributed by atoms with Gasteiger partial charge in [0, 0.05) is 24.3 Å². The highest BCUT2D eigenvalue weighted by atomic mass is 16.2. The Morgan fingerprint density at radius 1 is 1.48 bits per heavy atom. The van der Waals surface area contributed by atoms with Crippen LogP contribution in [-0.2, 0) is 4.79 Å². The molecule has 0 radical (unpaired) electrons. The maximum atomic E-state index is 12.2. The van der Waals surface area contributed by atoms with Gasteiger partial charge in [-0.15, -0.1) is 5.92 Å². The molecule has 0 aliphatic carbocycles. The lowest BCUT2D eigenvalue weighted by molar-refractivity contribution is -0.127. The molecule has 1 aliphatic heterocycles. The Bertz CT molecular complexity index is 1170. The number of carbonyl (C=O) groups excluding carboxylic acids is 1. The molecule has 0 saturated carbocycles. The van der Waals surface area contributed by atoms with E-state index in [1.165, 1.54) is 4.90 Å². The fourth-order valence-corrected chi connectivity index (χ4v) is 3.38. The number of pyridine rings is 1. The predicted octanol–water partition coefficient (Wildman–Crippen LogP) is 2.34. The van der Waals surface area contributed by atoms with Gasteiger partial charge in [0.15, 0.2) is 5.96 Å². The van der Waals surface area contributed by atoms with Crippen molar-refractivity contribution in [2.75, 3.05) is 7.05 Å². The summed E-state index contributed by atoms with van der Waals surface area (Å²) < 4.78 is 2.09. The van der Waals surface area contributed by atoms with Crippen molar-refractivity contribution in [3.8, 4) is 11.8 Å². The minimum Gasteiger partial charge on any atom is -0.369 e. The number of hydrogen-bond donors (Lipinski definition) is 1. The standard InChI is InChI=1S/C24H28N4O/c1-6-8-18(11-16(3)7-2)13-22-17(4)12-20-10-9-19(15-28(20)22)21-14-23(29)27(5)24(25)26-21/h9-13,15-16,21H,4,7,14H2,1-3,5H3,(H2,25,26)/b18-11-,22-13+. The number of allylic oxidation sites excluding steroid dienone is 2. The first-order valence-electron chi connectivity index (χ1n) is 9.90. The Labute approximate surface area is 171 Å². The van der Waals surface area contributed by atoms with Crippen molar-refractivity contribution in [3.05, 3.63) is 52.2 Å². The van der Waals surface area contributed by atoms with Crippen LogP contribution in [0, 0.1) is 17.8 Å². The van der Waals surface area contributed by atoms with E-state index in [0.29, 0.717) is 12.3 Å². The number of nitrogens with two attached hydrogens (primary N) is 1. The maximum Gasteiger partial charge on any atom is 0.231 e. The van der Waals surface area contributed by atoms with E-state index in [0.717, 1.165) is 33.6 Å². The van der Waals surface area contributed by atoms with E-state index in [9.17, 15) is 4.79 Å². The minimum atomic E-state index is -0.280. The zero-order chi connectivity index (χ0) is 21.1. The van der Waals surface area contributed by atoms with Crippen LogP contribution in [-0.4, -0.2) is 28.2 Å². The van der Waals surface area contributed by atoms with E-state index in [1.807, 2.05) is 31.3 Å². The van der Waals surface area contributed by atoms with E-state index >= 15 is 0 Å². The summed E-state index contributed by atoms with van der Waals surface area (Å²) in [7, 11) is 1.65. The molecule has 150 valence electrons. The van der Waals surface area contributed by atoms with E-state index in [2.05, 4.69) is 53.8 Å². The Morgan fingerprint density at radius 3 is 2.90 bits per heavy atom. The Morgan fingerprint density at radius 2 is 2.24 bits per heavy atom. The van der Waals surface area contributed by atoms with Gasteiger partial charge >= 0.3 is 0 Å². The summed E-state index contributed by atoms with van der Waals surface area (Å²) in [6, 6.07) is 5.80. The van der Waals surface area contributed by atoms with Gasteiger partial charge in [0.1, 0.15) is 0 Å². The van der Waals surface area contributed by atoms with Crippen molar-refractivity contribution in [1.82, 2.24) is 9.30 Å². The Hall–Kier alpha value is -3.26. The van der Waals surface area contributed by atoms with Gasteiger partial charge in [-0.3, -0.25) is 9.69 Å². The van der Waals surface area contributed by atoms with Crippen molar-refractivity contribution in [1.29, 1.82) is 0 Å². The molecule has 3 heterocycles. The van der Waals surface area contributed by atoms with Crippen molar-refractivity contribution in [2.45, 2.75) is 39.7 Å². The van der Waals surface area contributed by atoms with Crippen LogP contribution in [0.25, 0.3) is 18.2 Å². The number of rotatable bonds is 4. The van der Waals surface area contributed by atoms with Crippen LogP contribution < -0.4 is 16.3 Å². The maximum absolute atomic E-state index is 12.2. The minimum absolute atomic E-state index is 0.0308. The number of aromatic nitrogens is 1. The molecule has 0 bridgehead atoms. The molecule has 2 unspecified atom stereocenters. The molecule has 1 amide bonds. The third-order valence-electron chi connectivity index (χ3n) is 5.34. The zero-order valence-electron chi connectivity index (χ0n) is 17.6. The quantitative estimate of drug-likeness (QED) is 0.817. The van der Waals surface area contributed by atoms with Crippen LogP contribution in [0.15, 0.2) is 41.0 Å². The predicted molar refractivity (Wildman–Crippen MR) is 119 cm³/mol. The molecule has 0 aromatic carbocycles. The molecule has 2 N–H and O–H groups in total. The number of hydrogen-bond acceptors (Lipinski definition) is 3. The molecule has 1 aliphatic rings. The molecule has 0 spiro atoms. The summed E-state index contributed by atoms with van der Waals surface area (Å²) in [5.74, 6) is 6.86. The van der Waals surface area contributed by atoms with Crippen LogP contribution in [0.4, 0.5) is 0 Å². The third kappa shape index (κ3) is 4.27. The average molecular weight is 389 g/mol. The van der Waals surface area contributed by atoms with E-state index in [4.69, 9.17) is 5.73 Å². The van der Waals surface area contributed by atoms with Gasteiger partial charge in [-0.2, -0.15) is 0 Å². The zero-order valence-corrected chi connectivity index (χ0v) is 17.6. The number of amides is 1. The molecule has 0 saturated heterocycles. The van der Waals surface area contributed by atoms with Crippen LogP contribution in [0.2, 0.25) is 0 Å². The van der Waals surface area contributed by atoms with Gasteiger partial charge in [-0.05, 0) is 41.8 Å². The Balaban J connectivity index is 2.15. The molecule has 0 fully saturated rings. The molecule has 3 rings (SSSR count). The molecule has 5 nitrogen and oxygen atoms in total. The third-order valence-corrected chi connectivity index (χ3v) is 5.34.